The van der Waals surface area contributed by atoms with Crippen LogP contribution in [-0.4, -0.2) is 36.6 Å². The summed E-state index contributed by atoms with van der Waals surface area (Å²) in [4.78, 5) is 31.0. The number of phosphoric acid groups is 2. The Bertz CT molecular complexity index is 152. The first-order valence-corrected chi connectivity index (χ1v) is 4.59. The molecule has 0 unspecified atom stereocenters. The van der Waals surface area contributed by atoms with Crippen LogP contribution in [0.15, 0.2) is 0 Å². The van der Waals surface area contributed by atoms with E-state index >= 15 is 0 Å². The molecular weight excluding hydrogens is 253 g/mol. The zero-order valence-corrected chi connectivity index (χ0v) is 8.29. The quantitative estimate of drug-likeness (QED) is 0.343. The Balaban J connectivity index is 0. The van der Waals surface area contributed by atoms with Crippen LogP contribution in [0.4, 0.5) is 0 Å². The Labute approximate surface area is 66.4 Å². The van der Waals surface area contributed by atoms with E-state index in [-0.39, 0.29) is 17.1 Å². The van der Waals surface area contributed by atoms with Crippen molar-refractivity contribution in [3.05, 3.63) is 0 Å². The SMILES string of the molecule is O=P(O)(O)OP(=O)(O)O.[SeH2]. The molecule has 0 aromatic rings. The summed E-state index contributed by atoms with van der Waals surface area (Å²) in [6, 6.07) is 0. The Hall–Kier alpha value is 0.779. The summed E-state index contributed by atoms with van der Waals surface area (Å²) in [6.45, 7) is 0. The van der Waals surface area contributed by atoms with Crippen LogP contribution >= 0.6 is 15.6 Å². The zero-order chi connectivity index (χ0) is 7.71. The van der Waals surface area contributed by atoms with Gasteiger partial charge in [-0.15, -0.1) is 0 Å². The summed E-state index contributed by atoms with van der Waals surface area (Å²) < 4.78 is 22.2. The Morgan fingerprint density at radius 1 is 0.900 bits per heavy atom. The third-order valence-electron chi connectivity index (χ3n) is 0.213. The molecule has 0 bridgehead atoms. The van der Waals surface area contributed by atoms with Crippen molar-refractivity contribution < 1.29 is 33.0 Å². The van der Waals surface area contributed by atoms with Gasteiger partial charge in [-0.3, -0.25) is 0 Å². The van der Waals surface area contributed by atoms with Crippen molar-refractivity contribution in [1.29, 1.82) is 0 Å². The molecule has 0 saturated carbocycles. The van der Waals surface area contributed by atoms with Gasteiger partial charge in [0.1, 0.15) is 0 Å². The molecule has 10 heteroatoms. The van der Waals surface area contributed by atoms with Crippen molar-refractivity contribution in [3.63, 3.8) is 0 Å². The second kappa shape index (κ2) is 3.97. The van der Waals surface area contributed by atoms with Gasteiger partial charge in [0.05, 0.1) is 0 Å². The summed E-state index contributed by atoms with van der Waals surface area (Å²) in [6.07, 6.45) is 0. The first-order valence-electron chi connectivity index (χ1n) is 1.53. The van der Waals surface area contributed by atoms with Gasteiger partial charge in [-0.1, -0.05) is 0 Å². The predicted molar refractivity (Wildman–Crippen MR) is 33.7 cm³/mol. The number of hydrogen-bond donors (Lipinski definition) is 4. The minimum atomic E-state index is -5.05. The summed E-state index contributed by atoms with van der Waals surface area (Å²) in [7, 11) is -10.1. The van der Waals surface area contributed by atoms with Gasteiger partial charge in [0, 0.05) is 0 Å². The summed E-state index contributed by atoms with van der Waals surface area (Å²) in [5.74, 6) is 0. The molecule has 0 spiro atoms. The molecule has 0 rings (SSSR count). The molecule has 0 aromatic carbocycles. The number of hydrogen-bond acceptors (Lipinski definition) is 3. The van der Waals surface area contributed by atoms with Gasteiger partial charge in [-0.25, -0.2) is 9.13 Å². The van der Waals surface area contributed by atoms with Crippen molar-refractivity contribution in [2.45, 2.75) is 0 Å². The first kappa shape index (κ1) is 13.4. The average Bonchev–Trinajstić information content (AvgIpc) is 1.14. The normalized spacial score (nSPS) is 12.4. The maximum atomic E-state index is 9.63. The molecule has 0 fully saturated rings. The molecule has 0 aliphatic rings. The zero-order valence-electron chi connectivity index (χ0n) is 4.41. The van der Waals surface area contributed by atoms with Crippen LogP contribution in [0, 0.1) is 0 Å². The van der Waals surface area contributed by atoms with E-state index < -0.39 is 15.6 Å². The van der Waals surface area contributed by atoms with Crippen LogP contribution in [0.5, 0.6) is 0 Å². The van der Waals surface area contributed by atoms with Crippen LogP contribution in [0.3, 0.4) is 0 Å². The van der Waals surface area contributed by atoms with E-state index in [1.54, 1.807) is 0 Å². The van der Waals surface area contributed by atoms with Gasteiger partial charge >= 0.3 is 32.7 Å². The van der Waals surface area contributed by atoms with Crippen LogP contribution in [0.2, 0.25) is 0 Å². The van der Waals surface area contributed by atoms with Crippen LogP contribution < -0.4 is 0 Å². The van der Waals surface area contributed by atoms with Crippen molar-refractivity contribution >= 4 is 32.7 Å². The molecule has 0 atom stereocenters. The van der Waals surface area contributed by atoms with Crippen LogP contribution in [0.25, 0.3) is 0 Å². The van der Waals surface area contributed by atoms with Crippen molar-refractivity contribution in [2.24, 2.45) is 0 Å². The minimum absolute atomic E-state index is 0. The molecule has 64 valence electrons. The van der Waals surface area contributed by atoms with E-state index in [0.717, 1.165) is 0 Å². The molecular formula is H6O7P2Se. The fourth-order valence-corrected chi connectivity index (χ4v) is 1.25. The second-order valence-electron chi connectivity index (χ2n) is 1.06. The molecule has 10 heavy (non-hydrogen) atoms. The Kier molecular flexibility index (Phi) is 5.31. The van der Waals surface area contributed by atoms with Gasteiger partial charge in [-0.05, 0) is 0 Å². The molecule has 7 nitrogen and oxygen atoms in total. The van der Waals surface area contributed by atoms with Gasteiger partial charge in [0.2, 0.25) is 0 Å². The van der Waals surface area contributed by atoms with Gasteiger partial charge in [0.25, 0.3) is 0 Å². The summed E-state index contributed by atoms with van der Waals surface area (Å²) >= 11 is 0. The topological polar surface area (TPSA) is 124 Å². The number of rotatable bonds is 2. The van der Waals surface area contributed by atoms with Crippen molar-refractivity contribution in [1.82, 2.24) is 0 Å². The van der Waals surface area contributed by atoms with E-state index in [4.69, 9.17) is 19.6 Å². The Morgan fingerprint density at radius 3 is 1.10 bits per heavy atom. The molecule has 0 aliphatic carbocycles. The first-order chi connectivity index (χ1) is 3.71. The predicted octanol–water partition coefficient (Wildman–Crippen LogP) is -1.73. The average molecular weight is 259 g/mol. The maximum absolute atomic E-state index is 9.63. The molecule has 4 N–H and O–H groups in total. The third-order valence-corrected chi connectivity index (χ3v) is 1.91. The van der Waals surface area contributed by atoms with E-state index in [2.05, 4.69) is 4.31 Å². The monoisotopic (exact) mass is 260 g/mol. The van der Waals surface area contributed by atoms with Crippen molar-refractivity contribution in [2.75, 3.05) is 0 Å². The van der Waals surface area contributed by atoms with Gasteiger partial charge in [-0.2, -0.15) is 4.31 Å². The van der Waals surface area contributed by atoms with Crippen LogP contribution in [0.1, 0.15) is 0 Å². The summed E-state index contributed by atoms with van der Waals surface area (Å²) in [5, 5.41) is 0. The molecule has 0 radical (unpaired) electrons. The third kappa shape index (κ3) is 11.6. The van der Waals surface area contributed by atoms with Crippen LogP contribution in [-0.2, 0) is 13.4 Å². The second-order valence-corrected chi connectivity index (χ2v) is 3.68. The Morgan fingerprint density at radius 2 is 1.10 bits per heavy atom. The van der Waals surface area contributed by atoms with E-state index in [0.29, 0.717) is 0 Å². The van der Waals surface area contributed by atoms with E-state index in [9.17, 15) is 9.13 Å². The molecule has 0 aromatic heterocycles. The standard InChI is InChI=1S/H4O7P2.H2Se/c1-8(2,3)7-9(4,5)6;/h(H2,1,2,3)(H2,4,5,6);1H2. The fraction of sp³-hybridized carbons (Fsp3) is 0. The van der Waals surface area contributed by atoms with E-state index in [1.165, 1.54) is 0 Å². The van der Waals surface area contributed by atoms with Gasteiger partial charge < -0.3 is 19.6 Å². The van der Waals surface area contributed by atoms with Gasteiger partial charge in [0.15, 0.2) is 0 Å². The van der Waals surface area contributed by atoms with Crippen molar-refractivity contribution in [3.8, 4) is 0 Å². The molecule has 0 saturated heterocycles. The van der Waals surface area contributed by atoms with E-state index in [1.807, 2.05) is 0 Å². The molecule has 0 heterocycles. The fourth-order valence-electron chi connectivity index (χ4n) is 0.139. The molecule has 0 aliphatic heterocycles. The summed E-state index contributed by atoms with van der Waals surface area (Å²) in [5.41, 5.74) is 0. The molecule has 0 amide bonds.